The molecular weight excluding hydrogens is 234 g/mol. The van der Waals surface area contributed by atoms with Crippen molar-refractivity contribution in [2.45, 2.75) is 6.42 Å². The quantitative estimate of drug-likeness (QED) is 0.722. The summed E-state index contributed by atoms with van der Waals surface area (Å²) in [5.41, 5.74) is 0.955. The molecule has 0 N–H and O–H groups in total. The Kier molecular flexibility index (Phi) is 5.30. The zero-order valence-electron chi connectivity index (χ0n) is 11.2. The van der Waals surface area contributed by atoms with Gasteiger partial charge in [0.15, 0.2) is 11.5 Å². The Morgan fingerprint density at radius 1 is 1.17 bits per heavy atom. The van der Waals surface area contributed by atoms with Crippen LogP contribution in [0.5, 0.6) is 11.5 Å². The molecule has 0 fully saturated rings. The van der Waals surface area contributed by atoms with Crippen LogP contribution in [-0.2, 0) is 9.53 Å². The molecule has 0 unspecified atom stereocenters. The maximum Gasteiger partial charge on any atom is 0.307 e. The molecule has 0 spiro atoms. The largest absolute Gasteiger partial charge is 0.493 e. The molecule has 0 aliphatic rings. The lowest BCUT2D eigenvalue weighted by Gasteiger charge is -2.20. The highest BCUT2D eigenvalue weighted by Gasteiger charge is 2.09. The lowest BCUT2D eigenvalue weighted by molar-refractivity contribution is -0.140. The van der Waals surface area contributed by atoms with Crippen molar-refractivity contribution in [3.05, 3.63) is 18.2 Å². The number of hydrogen-bond donors (Lipinski definition) is 0. The Morgan fingerprint density at radius 3 is 2.39 bits per heavy atom. The molecule has 0 radical (unpaired) electrons. The number of carbonyl (C=O) groups excluding carboxylic acids is 1. The Labute approximate surface area is 107 Å². The number of carbonyl (C=O) groups is 1. The third-order valence-corrected chi connectivity index (χ3v) is 2.69. The van der Waals surface area contributed by atoms with Gasteiger partial charge in [-0.2, -0.15) is 0 Å². The third-order valence-electron chi connectivity index (χ3n) is 2.69. The van der Waals surface area contributed by atoms with E-state index in [0.717, 1.165) is 5.69 Å². The van der Waals surface area contributed by atoms with Gasteiger partial charge in [-0.05, 0) is 12.1 Å². The lowest BCUT2D eigenvalue weighted by atomic mass is 10.2. The van der Waals surface area contributed by atoms with Crippen molar-refractivity contribution < 1.29 is 19.0 Å². The highest BCUT2D eigenvalue weighted by Crippen LogP contribution is 2.31. The van der Waals surface area contributed by atoms with Gasteiger partial charge in [-0.3, -0.25) is 4.79 Å². The van der Waals surface area contributed by atoms with Crippen LogP contribution in [0.2, 0.25) is 0 Å². The molecule has 0 amide bonds. The van der Waals surface area contributed by atoms with E-state index in [9.17, 15) is 4.79 Å². The van der Waals surface area contributed by atoms with Crippen LogP contribution in [0.15, 0.2) is 18.2 Å². The first kappa shape index (κ1) is 14.2. The van der Waals surface area contributed by atoms with Crippen LogP contribution < -0.4 is 14.4 Å². The van der Waals surface area contributed by atoms with Crippen LogP contribution in [0.25, 0.3) is 0 Å². The topological polar surface area (TPSA) is 48.0 Å². The Morgan fingerprint density at radius 2 is 1.83 bits per heavy atom. The summed E-state index contributed by atoms with van der Waals surface area (Å²) < 4.78 is 15.0. The number of rotatable bonds is 6. The second-order valence-electron chi connectivity index (χ2n) is 3.79. The van der Waals surface area contributed by atoms with Gasteiger partial charge in [0.1, 0.15) is 0 Å². The third kappa shape index (κ3) is 3.55. The summed E-state index contributed by atoms with van der Waals surface area (Å²) in [4.78, 5) is 13.0. The molecule has 0 heterocycles. The molecule has 18 heavy (non-hydrogen) atoms. The average Bonchev–Trinajstić information content (AvgIpc) is 2.43. The van der Waals surface area contributed by atoms with Crippen molar-refractivity contribution in [2.75, 3.05) is 39.8 Å². The minimum Gasteiger partial charge on any atom is -0.493 e. The summed E-state index contributed by atoms with van der Waals surface area (Å²) in [5, 5.41) is 0. The Balaban J connectivity index is 2.73. The molecule has 1 rings (SSSR count). The van der Waals surface area contributed by atoms with Gasteiger partial charge in [-0.1, -0.05) is 0 Å². The standard InChI is InChI=1S/C13H19NO4/c1-14(8-7-13(15)18-4)10-5-6-11(16-2)12(9-10)17-3/h5-6,9H,7-8H2,1-4H3. The van der Waals surface area contributed by atoms with E-state index in [1.54, 1.807) is 14.2 Å². The smallest absolute Gasteiger partial charge is 0.307 e. The number of esters is 1. The predicted octanol–water partition coefficient (Wildman–Crippen LogP) is 1.70. The number of anilines is 1. The van der Waals surface area contributed by atoms with Crippen molar-refractivity contribution in [1.29, 1.82) is 0 Å². The van der Waals surface area contributed by atoms with Crippen molar-refractivity contribution in [3.63, 3.8) is 0 Å². The van der Waals surface area contributed by atoms with E-state index in [1.165, 1.54) is 7.11 Å². The first-order valence-electron chi connectivity index (χ1n) is 5.62. The number of ether oxygens (including phenoxy) is 3. The molecule has 0 bridgehead atoms. The van der Waals surface area contributed by atoms with Gasteiger partial charge in [-0.25, -0.2) is 0 Å². The van der Waals surface area contributed by atoms with Crippen LogP contribution in [0.3, 0.4) is 0 Å². The van der Waals surface area contributed by atoms with E-state index in [0.29, 0.717) is 24.5 Å². The first-order chi connectivity index (χ1) is 8.62. The predicted molar refractivity (Wildman–Crippen MR) is 69.4 cm³/mol. The van der Waals surface area contributed by atoms with Gasteiger partial charge < -0.3 is 19.1 Å². The van der Waals surface area contributed by atoms with E-state index >= 15 is 0 Å². The van der Waals surface area contributed by atoms with E-state index in [2.05, 4.69) is 4.74 Å². The fraction of sp³-hybridized carbons (Fsp3) is 0.462. The van der Waals surface area contributed by atoms with Crippen LogP contribution in [-0.4, -0.2) is 40.9 Å². The molecule has 100 valence electrons. The maximum absolute atomic E-state index is 11.1. The zero-order chi connectivity index (χ0) is 13.5. The lowest BCUT2D eigenvalue weighted by Crippen LogP contribution is -2.21. The van der Waals surface area contributed by atoms with Crippen LogP contribution in [0, 0.1) is 0 Å². The molecule has 5 heteroatoms. The van der Waals surface area contributed by atoms with Crippen LogP contribution >= 0.6 is 0 Å². The van der Waals surface area contributed by atoms with Crippen molar-refractivity contribution >= 4 is 11.7 Å². The molecule has 0 atom stereocenters. The van der Waals surface area contributed by atoms with Gasteiger partial charge in [0, 0.05) is 25.3 Å². The van der Waals surface area contributed by atoms with Gasteiger partial charge >= 0.3 is 5.97 Å². The Bertz CT molecular complexity index is 406. The van der Waals surface area contributed by atoms with Gasteiger partial charge in [-0.15, -0.1) is 0 Å². The maximum atomic E-state index is 11.1. The van der Waals surface area contributed by atoms with E-state index in [1.807, 2.05) is 30.1 Å². The fourth-order valence-corrected chi connectivity index (χ4v) is 1.55. The second-order valence-corrected chi connectivity index (χ2v) is 3.79. The van der Waals surface area contributed by atoms with Crippen LogP contribution in [0.1, 0.15) is 6.42 Å². The molecule has 0 aliphatic carbocycles. The number of nitrogens with zero attached hydrogens (tertiary/aromatic N) is 1. The van der Waals surface area contributed by atoms with Crippen molar-refractivity contribution in [1.82, 2.24) is 0 Å². The summed E-state index contributed by atoms with van der Waals surface area (Å²) in [6, 6.07) is 5.62. The number of methoxy groups -OCH3 is 3. The molecule has 0 saturated carbocycles. The highest BCUT2D eigenvalue weighted by atomic mass is 16.5. The molecule has 5 nitrogen and oxygen atoms in total. The van der Waals surface area contributed by atoms with E-state index in [4.69, 9.17) is 9.47 Å². The molecule has 0 aromatic heterocycles. The fourth-order valence-electron chi connectivity index (χ4n) is 1.55. The molecule has 1 aromatic rings. The monoisotopic (exact) mass is 253 g/mol. The first-order valence-corrected chi connectivity index (χ1v) is 5.62. The van der Waals surface area contributed by atoms with Gasteiger partial charge in [0.25, 0.3) is 0 Å². The summed E-state index contributed by atoms with van der Waals surface area (Å²) in [5.74, 6) is 1.13. The zero-order valence-corrected chi connectivity index (χ0v) is 11.2. The number of hydrogen-bond acceptors (Lipinski definition) is 5. The van der Waals surface area contributed by atoms with E-state index in [-0.39, 0.29) is 5.97 Å². The normalized spacial score (nSPS) is 9.78. The summed E-state index contributed by atoms with van der Waals surface area (Å²) >= 11 is 0. The second kappa shape index (κ2) is 6.74. The van der Waals surface area contributed by atoms with Crippen LogP contribution in [0.4, 0.5) is 5.69 Å². The van der Waals surface area contributed by atoms with Crippen molar-refractivity contribution in [2.24, 2.45) is 0 Å². The SMILES string of the molecule is COC(=O)CCN(C)c1ccc(OC)c(OC)c1. The molecule has 1 aromatic carbocycles. The summed E-state index contributed by atoms with van der Waals surface area (Å²) in [7, 11) is 6.48. The highest BCUT2D eigenvalue weighted by molar-refractivity contribution is 5.70. The summed E-state index contributed by atoms with van der Waals surface area (Å²) in [6.45, 7) is 0.585. The summed E-state index contributed by atoms with van der Waals surface area (Å²) in [6.07, 6.45) is 0.349. The van der Waals surface area contributed by atoms with Crippen molar-refractivity contribution in [3.8, 4) is 11.5 Å². The molecular formula is C13H19NO4. The van der Waals surface area contributed by atoms with Gasteiger partial charge in [0.2, 0.25) is 0 Å². The average molecular weight is 253 g/mol. The van der Waals surface area contributed by atoms with E-state index < -0.39 is 0 Å². The minimum atomic E-state index is -0.220. The van der Waals surface area contributed by atoms with Gasteiger partial charge in [0.05, 0.1) is 27.8 Å². The Hall–Kier alpha value is -1.91. The minimum absolute atomic E-state index is 0.220. The molecule has 0 aliphatic heterocycles. The molecule has 0 saturated heterocycles. The number of benzene rings is 1.